The first kappa shape index (κ1) is 20.4. The van der Waals surface area contributed by atoms with Crippen LogP contribution in [0.25, 0.3) is 10.8 Å². The molecule has 4 heteroatoms. The molecule has 4 aromatic carbocycles. The van der Waals surface area contributed by atoms with E-state index in [4.69, 9.17) is 0 Å². The molecule has 0 fully saturated rings. The summed E-state index contributed by atoms with van der Waals surface area (Å²) in [5, 5.41) is 14.7. The molecule has 154 valence electrons. The molecule has 2 N–H and O–H groups in total. The lowest BCUT2D eigenvalue weighted by atomic mass is 9.93. The largest absolute Gasteiger partial charge is 0.478 e. The number of para-hydroxylation sites is 1. The fraction of sp³-hybridized carbons (Fsp3) is 0.111. The summed E-state index contributed by atoms with van der Waals surface area (Å²) in [4.78, 5) is 24.7. The first-order valence-electron chi connectivity index (χ1n) is 10.2. The maximum absolute atomic E-state index is 13.1. The van der Waals surface area contributed by atoms with Gasteiger partial charge in [0.25, 0.3) is 0 Å². The van der Waals surface area contributed by atoms with Crippen molar-refractivity contribution in [2.75, 3.05) is 5.32 Å². The number of nitrogens with one attached hydrogen (secondary N) is 1. The Labute approximate surface area is 181 Å². The maximum Gasteiger partial charge on any atom is 0.335 e. The van der Waals surface area contributed by atoms with Crippen molar-refractivity contribution in [3.63, 3.8) is 0 Å². The van der Waals surface area contributed by atoms with Gasteiger partial charge in [-0.2, -0.15) is 0 Å². The molecule has 0 bridgehead atoms. The molecule has 0 aliphatic carbocycles. The highest BCUT2D eigenvalue weighted by atomic mass is 16.4. The Bertz CT molecular complexity index is 1260. The monoisotopic (exact) mass is 409 g/mol. The second-order valence-electron chi connectivity index (χ2n) is 7.58. The summed E-state index contributed by atoms with van der Waals surface area (Å²) >= 11 is 0. The third-order valence-electron chi connectivity index (χ3n) is 5.59. The normalized spacial score (nSPS) is 11.8. The number of carboxylic acids is 1. The highest BCUT2D eigenvalue weighted by molar-refractivity contribution is 5.99. The van der Waals surface area contributed by atoms with E-state index in [9.17, 15) is 14.7 Å². The highest BCUT2D eigenvalue weighted by Gasteiger charge is 2.19. The van der Waals surface area contributed by atoms with Gasteiger partial charge in [-0.05, 0) is 46.5 Å². The van der Waals surface area contributed by atoms with Gasteiger partial charge in [-0.15, -0.1) is 0 Å². The van der Waals surface area contributed by atoms with E-state index in [2.05, 4.69) is 5.32 Å². The molecule has 0 spiro atoms. The van der Waals surface area contributed by atoms with Crippen molar-refractivity contribution in [2.45, 2.75) is 19.3 Å². The average Bonchev–Trinajstić information content (AvgIpc) is 2.79. The van der Waals surface area contributed by atoms with Crippen molar-refractivity contribution in [1.82, 2.24) is 0 Å². The van der Waals surface area contributed by atoms with Crippen LogP contribution in [0, 0.1) is 0 Å². The summed E-state index contributed by atoms with van der Waals surface area (Å²) in [6, 6.07) is 28.5. The maximum atomic E-state index is 13.1. The molecule has 0 radical (unpaired) electrons. The van der Waals surface area contributed by atoms with Crippen LogP contribution < -0.4 is 5.32 Å². The molecule has 0 heterocycles. The molecule has 0 aliphatic heterocycles. The molecule has 4 rings (SSSR count). The molecular formula is C27H23NO3. The van der Waals surface area contributed by atoms with Crippen molar-refractivity contribution in [2.24, 2.45) is 0 Å². The number of fused-ring (bicyclic) bond motifs is 1. The number of carboxylic acid groups (broad SMARTS) is 1. The minimum atomic E-state index is -0.957. The molecule has 0 saturated carbocycles. The smallest absolute Gasteiger partial charge is 0.335 e. The van der Waals surface area contributed by atoms with Gasteiger partial charge in [0.1, 0.15) is 0 Å². The molecule has 4 nitrogen and oxygen atoms in total. The zero-order chi connectivity index (χ0) is 21.8. The third kappa shape index (κ3) is 4.33. The third-order valence-corrected chi connectivity index (χ3v) is 5.59. The minimum Gasteiger partial charge on any atom is -0.478 e. The van der Waals surface area contributed by atoms with Crippen molar-refractivity contribution >= 4 is 28.3 Å². The first-order valence-corrected chi connectivity index (χ1v) is 10.2. The highest BCUT2D eigenvalue weighted by Crippen LogP contribution is 2.28. The van der Waals surface area contributed by atoms with Crippen molar-refractivity contribution in [3.8, 4) is 0 Å². The molecule has 31 heavy (non-hydrogen) atoms. The number of rotatable bonds is 6. The topological polar surface area (TPSA) is 66.4 Å². The van der Waals surface area contributed by atoms with Crippen LogP contribution in [0.15, 0.2) is 91.0 Å². The standard InChI is InChI=1S/C27H23NO3/c1-18(22-15-8-12-19-9-2-5-13-23(19)22)26(29)28-25-16-7-4-11-21(25)17-20-10-3-6-14-24(20)27(30)31/h2-16,18H,17H2,1H3,(H,28,29)(H,30,31)/t18-/m0/s1. The molecule has 1 amide bonds. The van der Waals surface area contributed by atoms with Gasteiger partial charge in [0.2, 0.25) is 5.91 Å². The molecule has 0 saturated heterocycles. The van der Waals surface area contributed by atoms with Crippen LogP contribution in [0.1, 0.15) is 39.9 Å². The fourth-order valence-electron chi connectivity index (χ4n) is 3.89. The Kier molecular flexibility index (Phi) is 5.80. The van der Waals surface area contributed by atoms with Crippen LogP contribution >= 0.6 is 0 Å². The van der Waals surface area contributed by atoms with E-state index in [1.54, 1.807) is 18.2 Å². The van der Waals surface area contributed by atoms with Crippen molar-refractivity contribution in [1.29, 1.82) is 0 Å². The van der Waals surface area contributed by atoms with Gasteiger partial charge in [0, 0.05) is 12.1 Å². The number of hydrogen-bond acceptors (Lipinski definition) is 2. The number of amides is 1. The van der Waals surface area contributed by atoms with Crippen LogP contribution in [-0.2, 0) is 11.2 Å². The lowest BCUT2D eigenvalue weighted by molar-refractivity contribution is -0.117. The van der Waals surface area contributed by atoms with Gasteiger partial charge in [-0.25, -0.2) is 4.79 Å². The number of hydrogen-bond donors (Lipinski definition) is 2. The Morgan fingerprint density at radius 2 is 1.45 bits per heavy atom. The first-order chi connectivity index (χ1) is 15.0. The second kappa shape index (κ2) is 8.84. The zero-order valence-corrected chi connectivity index (χ0v) is 17.2. The zero-order valence-electron chi connectivity index (χ0n) is 17.2. The van der Waals surface area contributed by atoms with E-state index >= 15 is 0 Å². The van der Waals surface area contributed by atoms with Crippen LogP contribution in [0.4, 0.5) is 5.69 Å². The summed E-state index contributed by atoms with van der Waals surface area (Å²) in [6.07, 6.45) is 0.418. The Morgan fingerprint density at radius 3 is 2.26 bits per heavy atom. The number of carbonyl (C=O) groups excluding carboxylic acids is 1. The van der Waals surface area contributed by atoms with Crippen molar-refractivity contribution < 1.29 is 14.7 Å². The number of anilines is 1. The summed E-state index contributed by atoms with van der Waals surface area (Å²) in [5.41, 5.74) is 3.52. The van der Waals surface area contributed by atoms with Gasteiger partial charge in [0.05, 0.1) is 11.5 Å². The number of carbonyl (C=O) groups is 2. The predicted molar refractivity (Wildman–Crippen MR) is 124 cm³/mol. The van der Waals surface area contributed by atoms with E-state index in [1.807, 2.05) is 79.7 Å². The van der Waals surface area contributed by atoms with E-state index in [0.29, 0.717) is 17.7 Å². The summed E-state index contributed by atoms with van der Waals surface area (Å²) in [5.74, 6) is -1.40. The summed E-state index contributed by atoms with van der Waals surface area (Å²) in [7, 11) is 0. The van der Waals surface area contributed by atoms with E-state index in [-0.39, 0.29) is 17.4 Å². The molecule has 0 aliphatic rings. The van der Waals surface area contributed by atoms with E-state index < -0.39 is 5.97 Å². The number of benzene rings is 4. The van der Waals surface area contributed by atoms with Crippen LogP contribution in [0.2, 0.25) is 0 Å². The van der Waals surface area contributed by atoms with Gasteiger partial charge >= 0.3 is 5.97 Å². The Hall–Kier alpha value is -3.92. The Balaban J connectivity index is 1.60. The second-order valence-corrected chi connectivity index (χ2v) is 7.58. The molecular weight excluding hydrogens is 386 g/mol. The van der Waals surface area contributed by atoms with Crippen LogP contribution in [0.5, 0.6) is 0 Å². The van der Waals surface area contributed by atoms with Gasteiger partial charge in [0.15, 0.2) is 0 Å². The molecule has 0 unspecified atom stereocenters. The van der Waals surface area contributed by atoms with Gasteiger partial charge in [-0.3, -0.25) is 4.79 Å². The number of aromatic carboxylic acids is 1. The molecule has 0 aromatic heterocycles. The molecule has 4 aromatic rings. The quantitative estimate of drug-likeness (QED) is 0.418. The van der Waals surface area contributed by atoms with Crippen molar-refractivity contribution in [3.05, 3.63) is 113 Å². The predicted octanol–water partition coefficient (Wildman–Crippen LogP) is 5.87. The van der Waals surface area contributed by atoms with Crippen LogP contribution in [-0.4, -0.2) is 17.0 Å². The van der Waals surface area contributed by atoms with Gasteiger partial charge in [-0.1, -0.05) is 78.9 Å². The van der Waals surface area contributed by atoms with Crippen LogP contribution in [0.3, 0.4) is 0 Å². The van der Waals surface area contributed by atoms with Gasteiger partial charge < -0.3 is 10.4 Å². The van der Waals surface area contributed by atoms with E-state index in [0.717, 1.165) is 21.9 Å². The SMILES string of the molecule is C[C@H](C(=O)Nc1ccccc1Cc1ccccc1C(=O)O)c1cccc2ccccc12. The fourth-order valence-corrected chi connectivity index (χ4v) is 3.89. The minimum absolute atomic E-state index is 0.102. The lowest BCUT2D eigenvalue weighted by Crippen LogP contribution is -2.20. The summed E-state index contributed by atoms with van der Waals surface area (Å²) < 4.78 is 0. The Morgan fingerprint density at radius 1 is 0.806 bits per heavy atom. The van der Waals surface area contributed by atoms with E-state index in [1.165, 1.54) is 0 Å². The lowest BCUT2D eigenvalue weighted by Gasteiger charge is -2.17. The molecule has 1 atom stereocenters. The summed E-state index contributed by atoms with van der Waals surface area (Å²) in [6.45, 7) is 1.90. The average molecular weight is 409 g/mol.